The molecule has 0 unspecified atom stereocenters. The van der Waals surface area contributed by atoms with Gasteiger partial charge in [0.1, 0.15) is 10.0 Å². The highest BCUT2D eigenvalue weighted by Crippen LogP contribution is 2.32. The van der Waals surface area contributed by atoms with Crippen molar-refractivity contribution < 1.29 is 12.6 Å². The average molecular weight is 270 g/mol. The number of pyridine rings is 1. The van der Waals surface area contributed by atoms with Gasteiger partial charge in [0, 0.05) is 12.4 Å². The SMILES string of the molecule is CCCS(=O)(=O)Oc1c(Cl)cncc1Cl. The van der Waals surface area contributed by atoms with E-state index >= 15 is 0 Å². The van der Waals surface area contributed by atoms with Gasteiger partial charge in [-0.2, -0.15) is 8.42 Å². The summed E-state index contributed by atoms with van der Waals surface area (Å²) in [6.45, 7) is 1.73. The highest BCUT2D eigenvalue weighted by Gasteiger charge is 2.16. The predicted molar refractivity (Wildman–Crippen MR) is 59.0 cm³/mol. The molecular formula is C8H9Cl2NO3S. The summed E-state index contributed by atoms with van der Waals surface area (Å²) in [5.41, 5.74) is 0. The molecule has 0 aliphatic heterocycles. The second-order valence-corrected chi connectivity index (χ2v) is 5.28. The molecular weight excluding hydrogens is 261 g/mol. The fraction of sp³-hybridized carbons (Fsp3) is 0.375. The van der Waals surface area contributed by atoms with Crippen LogP contribution in [0.1, 0.15) is 13.3 Å². The summed E-state index contributed by atoms with van der Waals surface area (Å²) in [5.74, 6) is -0.149. The Morgan fingerprint density at radius 2 is 1.87 bits per heavy atom. The Kier molecular flexibility index (Phi) is 4.19. The van der Waals surface area contributed by atoms with Crippen molar-refractivity contribution in [3.8, 4) is 5.75 Å². The van der Waals surface area contributed by atoms with Gasteiger partial charge in [-0.15, -0.1) is 0 Å². The molecule has 0 aliphatic rings. The normalized spacial score (nSPS) is 11.4. The summed E-state index contributed by atoms with van der Waals surface area (Å²) < 4.78 is 27.5. The van der Waals surface area contributed by atoms with Gasteiger partial charge in [0.05, 0.1) is 5.75 Å². The van der Waals surface area contributed by atoms with Crippen LogP contribution in [-0.2, 0) is 10.1 Å². The van der Waals surface area contributed by atoms with Crippen LogP contribution in [0.3, 0.4) is 0 Å². The average Bonchev–Trinajstić information content (AvgIpc) is 2.11. The van der Waals surface area contributed by atoms with Crippen LogP contribution in [0.5, 0.6) is 5.75 Å². The maximum Gasteiger partial charge on any atom is 0.309 e. The summed E-state index contributed by atoms with van der Waals surface area (Å²) in [5, 5.41) is 0.143. The van der Waals surface area contributed by atoms with Gasteiger partial charge < -0.3 is 4.18 Å². The van der Waals surface area contributed by atoms with E-state index in [0.717, 1.165) is 0 Å². The molecule has 0 saturated carbocycles. The first-order valence-electron chi connectivity index (χ1n) is 4.17. The molecule has 15 heavy (non-hydrogen) atoms. The molecule has 0 saturated heterocycles. The van der Waals surface area contributed by atoms with E-state index in [0.29, 0.717) is 6.42 Å². The quantitative estimate of drug-likeness (QED) is 0.789. The number of halogens is 2. The summed E-state index contributed by atoms with van der Waals surface area (Å²) in [6.07, 6.45) is 3.00. The Bertz CT molecular complexity index is 427. The zero-order valence-electron chi connectivity index (χ0n) is 7.91. The largest absolute Gasteiger partial charge is 0.379 e. The van der Waals surface area contributed by atoms with Gasteiger partial charge in [-0.25, -0.2) is 0 Å². The highest BCUT2D eigenvalue weighted by molar-refractivity contribution is 7.87. The Balaban J connectivity index is 2.99. The molecule has 0 amide bonds. The molecule has 7 heteroatoms. The van der Waals surface area contributed by atoms with E-state index in [1.165, 1.54) is 12.4 Å². The number of hydrogen-bond donors (Lipinski definition) is 0. The van der Waals surface area contributed by atoms with Gasteiger partial charge >= 0.3 is 10.1 Å². The van der Waals surface area contributed by atoms with Crippen LogP contribution in [0.4, 0.5) is 0 Å². The molecule has 0 aromatic carbocycles. The highest BCUT2D eigenvalue weighted by atomic mass is 35.5. The lowest BCUT2D eigenvalue weighted by Gasteiger charge is -2.08. The van der Waals surface area contributed by atoms with Crippen molar-refractivity contribution in [3.05, 3.63) is 22.4 Å². The van der Waals surface area contributed by atoms with Gasteiger partial charge in [-0.1, -0.05) is 30.1 Å². The smallest absolute Gasteiger partial charge is 0.309 e. The molecule has 0 spiro atoms. The van der Waals surface area contributed by atoms with Crippen molar-refractivity contribution in [1.82, 2.24) is 4.98 Å². The molecule has 0 fully saturated rings. The minimum absolute atomic E-state index is 0.0678. The second-order valence-electron chi connectivity index (χ2n) is 2.78. The molecule has 4 nitrogen and oxygen atoms in total. The maximum absolute atomic E-state index is 11.3. The van der Waals surface area contributed by atoms with E-state index in [9.17, 15) is 8.42 Å². The fourth-order valence-corrected chi connectivity index (χ4v) is 2.45. The minimum atomic E-state index is -3.63. The minimum Gasteiger partial charge on any atom is -0.379 e. The fourth-order valence-electron chi connectivity index (χ4n) is 0.898. The van der Waals surface area contributed by atoms with E-state index in [1.54, 1.807) is 6.92 Å². The Hall–Kier alpha value is -0.520. The molecule has 84 valence electrons. The third-order valence-corrected chi connectivity index (χ3v) is 3.34. The Labute approximate surface area is 98.3 Å². The van der Waals surface area contributed by atoms with Crippen LogP contribution >= 0.6 is 23.2 Å². The first-order valence-corrected chi connectivity index (χ1v) is 6.50. The maximum atomic E-state index is 11.3. The number of aromatic nitrogens is 1. The van der Waals surface area contributed by atoms with Gasteiger partial charge in [0.25, 0.3) is 0 Å². The zero-order valence-corrected chi connectivity index (χ0v) is 10.2. The van der Waals surface area contributed by atoms with Crippen LogP contribution < -0.4 is 4.18 Å². The van der Waals surface area contributed by atoms with E-state index < -0.39 is 10.1 Å². The van der Waals surface area contributed by atoms with E-state index in [-0.39, 0.29) is 21.5 Å². The lowest BCUT2D eigenvalue weighted by Crippen LogP contribution is -2.13. The molecule has 1 aromatic rings. The van der Waals surface area contributed by atoms with E-state index in [2.05, 4.69) is 4.98 Å². The van der Waals surface area contributed by atoms with Crippen molar-refractivity contribution in [2.45, 2.75) is 13.3 Å². The summed E-state index contributed by atoms with van der Waals surface area (Å²) in [6, 6.07) is 0. The molecule has 0 N–H and O–H groups in total. The first kappa shape index (κ1) is 12.5. The van der Waals surface area contributed by atoms with Crippen LogP contribution in [0, 0.1) is 0 Å². The number of hydrogen-bond acceptors (Lipinski definition) is 4. The van der Waals surface area contributed by atoms with Gasteiger partial charge in [0.15, 0.2) is 5.75 Å². The number of nitrogens with zero attached hydrogens (tertiary/aromatic N) is 1. The zero-order chi connectivity index (χ0) is 11.5. The monoisotopic (exact) mass is 269 g/mol. The van der Waals surface area contributed by atoms with E-state index in [1.807, 2.05) is 0 Å². The Morgan fingerprint density at radius 1 is 1.33 bits per heavy atom. The van der Waals surface area contributed by atoms with Gasteiger partial charge in [-0.05, 0) is 6.42 Å². The van der Waals surface area contributed by atoms with Crippen LogP contribution in [0.2, 0.25) is 10.0 Å². The summed E-state index contributed by atoms with van der Waals surface area (Å²) in [4.78, 5) is 3.68. The second kappa shape index (κ2) is 5.01. The van der Waals surface area contributed by atoms with Crippen molar-refractivity contribution in [2.75, 3.05) is 5.75 Å². The van der Waals surface area contributed by atoms with Gasteiger partial charge in [0.2, 0.25) is 0 Å². The lowest BCUT2D eigenvalue weighted by molar-refractivity contribution is 0.485. The molecule has 1 aromatic heterocycles. The summed E-state index contributed by atoms with van der Waals surface area (Å²) in [7, 11) is -3.63. The number of rotatable bonds is 4. The topological polar surface area (TPSA) is 56.3 Å². The third-order valence-electron chi connectivity index (χ3n) is 1.47. The van der Waals surface area contributed by atoms with E-state index in [4.69, 9.17) is 27.4 Å². The van der Waals surface area contributed by atoms with Crippen LogP contribution in [0.15, 0.2) is 12.4 Å². The van der Waals surface area contributed by atoms with Crippen LogP contribution in [0.25, 0.3) is 0 Å². The molecule has 0 atom stereocenters. The molecule has 0 aliphatic carbocycles. The van der Waals surface area contributed by atoms with Crippen molar-refractivity contribution >= 4 is 33.3 Å². The first-order chi connectivity index (χ1) is 6.96. The molecule has 1 heterocycles. The lowest BCUT2D eigenvalue weighted by atomic mass is 10.4. The van der Waals surface area contributed by atoms with Crippen LogP contribution in [-0.4, -0.2) is 19.2 Å². The molecule has 1 rings (SSSR count). The molecule has 0 radical (unpaired) electrons. The van der Waals surface area contributed by atoms with Crippen molar-refractivity contribution in [1.29, 1.82) is 0 Å². The van der Waals surface area contributed by atoms with Crippen molar-refractivity contribution in [2.24, 2.45) is 0 Å². The third kappa shape index (κ3) is 3.52. The summed E-state index contributed by atoms with van der Waals surface area (Å²) >= 11 is 11.4. The standard InChI is InChI=1S/C8H9Cl2NO3S/c1-2-3-15(12,13)14-8-6(9)4-11-5-7(8)10/h4-5H,2-3H2,1H3. The van der Waals surface area contributed by atoms with Gasteiger partial charge in [-0.3, -0.25) is 4.98 Å². The van der Waals surface area contributed by atoms with Crippen molar-refractivity contribution in [3.63, 3.8) is 0 Å². The predicted octanol–water partition coefficient (Wildman–Crippen LogP) is 2.51. The Morgan fingerprint density at radius 3 is 2.33 bits per heavy atom. The molecule has 0 bridgehead atoms.